The number of halogens is 1. The maximum atomic E-state index is 5.64. The topological polar surface area (TPSA) is 29.9 Å². The first-order chi connectivity index (χ1) is 5.72. The molecule has 4 heteroatoms. The van der Waals surface area contributed by atoms with E-state index in [1.807, 2.05) is 19.4 Å². The number of nitrogens with one attached hydrogen (secondary N) is 1. The van der Waals surface area contributed by atoms with Gasteiger partial charge in [-0.3, -0.25) is 4.68 Å². The summed E-state index contributed by atoms with van der Waals surface area (Å²) in [7, 11) is 1.91. The van der Waals surface area contributed by atoms with Gasteiger partial charge in [-0.2, -0.15) is 5.10 Å². The van der Waals surface area contributed by atoms with Gasteiger partial charge in [-0.15, -0.1) is 11.6 Å². The first-order valence-corrected chi connectivity index (χ1v) is 4.52. The number of hydrogen-bond donors (Lipinski definition) is 1. The van der Waals surface area contributed by atoms with Crippen LogP contribution in [0.5, 0.6) is 0 Å². The van der Waals surface area contributed by atoms with Crippen molar-refractivity contribution < 1.29 is 0 Å². The fourth-order valence-electron chi connectivity index (χ4n) is 0.910. The Bertz CT molecular complexity index is 234. The molecule has 3 nitrogen and oxygen atoms in total. The predicted molar refractivity (Wildman–Crippen MR) is 50.2 cm³/mol. The largest absolute Gasteiger partial charge is 0.309 e. The van der Waals surface area contributed by atoms with Crippen molar-refractivity contribution in [3.8, 4) is 0 Å². The standard InChI is InChI=1S/C8H14ClN3/c1-7(3-9)10-4-8-5-11-12(2)6-8/h5-7,10H,3-4H2,1-2H3. The Balaban J connectivity index is 2.33. The number of alkyl halides is 1. The Morgan fingerprint density at radius 1 is 1.75 bits per heavy atom. The fraction of sp³-hybridized carbons (Fsp3) is 0.625. The van der Waals surface area contributed by atoms with Gasteiger partial charge in [0.1, 0.15) is 0 Å². The third kappa shape index (κ3) is 2.83. The minimum absolute atomic E-state index is 0.354. The summed E-state index contributed by atoms with van der Waals surface area (Å²) in [4.78, 5) is 0. The molecule has 0 bridgehead atoms. The molecule has 68 valence electrons. The SMILES string of the molecule is CC(CCl)NCc1cnn(C)c1. The Kier molecular flexibility index (Phi) is 3.56. The number of nitrogens with zero attached hydrogens (tertiary/aromatic N) is 2. The summed E-state index contributed by atoms with van der Waals surface area (Å²) >= 11 is 5.64. The van der Waals surface area contributed by atoms with E-state index in [0.29, 0.717) is 11.9 Å². The zero-order chi connectivity index (χ0) is 8.97. The highest BCUT2D eigenvalue weighted by Crippen LogP contribution is 1.96. The van der Waals surface area contributed by atoms with Gasteiger partial charge >= 0.3 is 0 Å². The smallest absolute Gasteiger partial charge is 0.0534 e. The van der Waals surface area contributed by atoms with Crippen LogP contribution in [0.2, 0.25) is 0 Å². The van der Waals surface area contributed by atoms with E-state index in [0.717, 1.165) is 6.54 Å². The molecule has 0 aliphatic rings. The normalized spacial score (nSPS) is 13.2. The van der Waals surface area contributed by atoms with Crippen LogP contribution in [0.1, 0.15) is 12.5 Å². The van der Waals surface area contributed by atoms with Gasteiger partial charge < -0.3 is 5.32 Å². The van der Waals surface area contributed by atoms with Gasteiger partial charge in [0.2, 0.25) is 0 Å². The number of hydrogen-bond acceptors (Lipinski definition) is 2. The average Bonchev–Trinajstić information content (AvgIpc) is 2.47. The molecular formula is C8H14ClN3. The van der Waals surface area contributed by atoms with Crippen LogP contribution >= 0.6 is 11.6 Å². The van der Waals surface area contributed by atoms with Gasteiger partial charge in [0.05, 0.1) is 6.20 Å². The number of aromatic nitrogens is 2. The molecular weight excluding hydrogens is 174 g/mol. The second-order valence-electron chi connectivity index (χ2n) is 2.96. The summed E-state index contributed by atoms with van der Waals surface area (Å²) in [6, 6.07) is 0.354. The van der Waals surface area contributed by atoms with Gasteiger partial charge in [-0.05, 0) is 6.92 Å². The van der Waals surface area contributed by atoms with Gasteiger partial charge in [-0.1, -0.05) is 0 Å². The summed E-state index contributed by atoms with van der Waals surface area (Å²) in [6.07, 6.45) is 3.85. The van der Waals surface area contributed by atoms with Crippen molar-refractivity contribution in [2.45, 2.75) is 19.5 Å². The Morgan fingerprint density at radius 3 is 3.00 bits per heavy atom. The zero-order valence-corrected chi connectivity index (χ0v) is 8.17. The highest BCUT2D eigenvalue weighted by molar-refractivity contribution is 6.18. The zero-order valence-electron chi connectivity index (χ0n) is 7.42. The molecule has 1 unspecified atom stereocenters. The summed E-state index contributed by atoms with van der Waals surface area (Å²) in [6.45, 7) is 2.89. The molecule has 1 N–H and O–H groups in total. The van der Waals surface area contributed by atoms with E-state index in [2.05, 4.69) is 17.3 Å². The number of rotatable bonds is 4. The molecule has 12 heavy (non-hydrogen) atoms. The molecule has 0 aliphatic carbocycles. The minimum atomic E-state index is 0.354. The molecule has 0 spiro atoms. The molecule has 0 fully saturated rings. The maximum absolute atomic E-state index is 5.64. The second kappa shape index (κ2) is 4.48. The maximum Gasteiger partial charge on any atom is 0.0534 e. The third-order valence-corrected chi connectivity index (χ3v) is 2.11. The summed E-state index contributed by atoms with van der Waals surface area (Å²) in [5.41, 5.74) is 1.19. The van der Waals surface area contributed by atoms with Crippen LogP contribution in [0.3, 0.4) is 0 Å². The van der Waals surface area contributed by atoms with Crippen LogP contribution in [0.25, 0.3) is 0 Å². The van der Waals surface area contributed by atoms with Crippen molar-refractivity contribution in [3.63, 3.8) is 0 Å². The first kappa shape index (κ1) is 9.55. The van der Waals surface area contributed by atoms with Crippen molar-refractivity contribution in [2.75, 3.05) is 5.88 Å². The van der Waals surface area contributed by atoms with E-state index in [1.165, 1.54) is 5.56 Å². The van der Waals surface area contributed by atoms with Crippen LogP contribution in [0.15, 0.2) is 12.4 Å². The Labute approximate surface area is 77.7 Å². The predicted octanol–water partition coefficient (Wildman–Crippen LogP) is 1.14. The minimum Gasteiger partial charge on any atom is -0.309 e. The van der Waals surface area contributed by atoms with E-state index >= 15 is 0 Å². The Morgan fingerprint density at radius 2 is 2.50 bits per heavy atom. The quantitative estimate of drug-likeness (QED) is 0.717. The van der Waals surface area contributed by atoms with E-state index in [-0.39, 0.29) is 0 Å². The fourth-order valence-corrected chi connectivity index (χ4v) is 1.02. The molecule has 1 heterocycles. The summed E-state index contributed by atoms with van der Waals surface area (Å²) < 4.78 is 1.79. The lowest BCUT2D eigenvalue weighted by Crippen LogP contribution is -2.26. The molecule has 0 amide bonds. The first-order valence-electron chi connectivity index (χ1n) is 3.99. The van der Waals surface area contributed by atoms with Crippen molar-refractivity contribution in [1.29, 1.82) is 0 Å². The number of aryl methyl sites for hydroxylation is 1. The van der Waals surface area contributed by atoms with Crippen LogP contribution in [0, 0.1) is 0 Å². The average molecular weight is 188 g/mol. The highest BCUT2D eigenvalue weighted by atomic mass is 35.5. The van der Waals surface area contributed by atoms with E-state index in [1.54, 1.807) is 4.68 Å². The molecule has 0 saturated heterocycles. The molecule has 0 radical (unpaired) electrons. The molecule has 1 aromatic heterocycles. The molecule has 1 rings (SSSR count). The van der Waals surface area contributed by atoms with E-state index in [4.69, 9.17) is 11.6 Å². The monoisotopic (exact) mass is 187 g/mol. The lowest BCUT2D eigenvalue weighted by Gasteiger charge is -2.07. The Hall–Kier alpha value is -0.540. The molecule has 1 atom stereocenters. The van der Waals surface area contributed by atoms with Crippen LogP contribution < -0.4 is 5.32 Å². The van der Waals surface area contributed by atoms with E-state index < -0.39 is 0 Å². The summed E-state index contributed by atoms with van der Waals surface area (Å²) in [5.74, 6) is 0.639. The van der Waals surface area contributed by atoms with Gasteiger partial charge in [-0.25, -0.2) is 0 Å². The van der Waals surface area contributed by atoms with Gasteiger partial charge in [0.25, 0.3) is 0 Å². The lowest BCUT2D eigenvalue weighted by atomic mass is 10.3. The molecule has 1 aromatic rings. The highest BCUT2D eigenvalue weighted by Gasteiger charge is 1.99. The lowest BCUT2D eigenvalue weighted by molar-refractivity contribution is 0.593. The summed E-state index contributed by atoms with van der Waals surface area (Å²) in [5, 5.41) is 7.34. The van der Waals surface area contributed by atoms with Crippen LogP contribution in [-0.4, -0.2) is 21.7 Å². The van der Waals surface area contributed by atoms with Crippen LogP contribution in [0.4, 0.5) is 0 Å². The molecule has 0 aromatic carbocycles. The van der Waals surface area contributed by atoms with Gasteiger partial charge in [0, 0.05) is 37.3 Å². The van der Waals surface area contributed by atoms with Crippen molar-refractivity contribution in [2.24, 2.45) is 7.05 Å². The van der Waals surface area contributed by atoms with Crippen molar-refractivity contribution >= 4 is 11.6 Å². The van der Waals surface area contributed by atoms with Gasteiger partial charge in [0.15, 0.2) is 0 Å². The molecule has 0 saturated carbocycles. The second-order valence-corrected chi connectivity index (χ2v) is 3.27. The third-order valence-electron chi connectivity index (χ3n) is 1.64. The van der Waals surface area contributed by atoms with Crippen molar-refractivity contribution in [1.82, 2.24) is 15.1 Å². The van der Waals surface area contributed by atoms with Crippen LogP contribution in [-0.2, 0) is 13.6 Å². The van der Waals surface area contributed by atoms with E-state index in [9.17, 15) is 0 Å². The molecule has 0 aliphatic heterocycles. The van der Waals surface area contributed by atoms with Crippen molar-refractivity contribution in [3.05, 3.63) is 18.0 Å².